The third-order valence-corrected chi connectivity index (χ3v) is 39.5. The van der Waals surface area contributed by atoms with E-state index in [1.54, 1.807) is 107 Å². The summed E-state index contributed by atoms with van der Waals surface area (Å²) in [5, 5.41) is 12.5. The van der Waals surface area contributed by atoms with Crippen LogP contribution in [0.3, 0.4) is 0 Å². The third kappa shape index (κ3) is 63.0. The van der Waals surface area contributed by atoms with Crippen LogP contribution >= 0.6 is 0 Å². The Bertz CT molecular complexity index is 3640. The fourth-order valence-corrected chi connectivity index (χ4v) is 26.6. The number of hydrogen-bond donors (Lipinski definition) is 2. The van der Waals surface area contributed by atoms with Gasteiger partial charge in [0, 0.05) is 176 Å². The highest BCUT2D eigenvalue weighted by atomic mass is 28.4. The smallest absolute Gasteiger partial charge is 0.491 e. The molecule has 0 bridgehead atoms. The molecule has 1 fully saturated rings. The number of esters is 3. The van der Waals surface area contributed by atoms with Crippen molar-refractivity contribution in [3.63, 3.8) is 0 Å². The van der Waals surface area contributed by atoms with Crippen LogP contribution in [0.2, 0.25) is 30.2 Å². The molecule has 0 radical (unpaired) electrons. The zero-order valence-corrected chi connectivity index (χ0v) is 102. The number of aliphatic hydroxyl groups excluding tert-OH is 1. The largest absolute Gasteiger partial charge is 0.500 e. The van der Waals surface area contributed by atoms with E-state index in [0.29, 0.717) is 152 Å². The molecule has 1 amide bonds. The lowest BCUT2D eigenvalue weighted by molar-refractivity contribution is -0.377. The molecule has 1 atom stereocenters. The van der Waals surface area contributed by atoms with Gasteiger partial charge in [0.15, 0.2) is 0 Å². The number of carbonyl (C=O) groups excluding carboxylic acids is 4. The molecule has 33 nitrogen and oxygen atoms in total. The molecule has 3 aromatic carbocycles. The molecule has 0 aromatic heterocycles. The zero-order chi connectivity index (χ0) is 111. The number of ether oxygens (including phenoxy) is 10. The summed E-state index contributed by atoms with van der Waals surface area (Å²) in [5.41, 5.74) is 5.74. The Morgan fingerprint density at radius 1 is 0.336 bits per heavy atom. The van der Waals surface area contributed by atoms with E-state index in [1.165, 1.54) is 42.4 Å². The molecule has 0 saturated heterocycles. The van der Waals surface area contributed by atoms with Crippen LogP contribution in [0.4, 0.5) is 4.79 Å². The van der Waals surface area contributed by atoms with E-state index < -0.39 is 56.4 Å². The maximum absolute atomic E-state index is 12.0. The third-order valence-electron chi connectivity index (χ3n) is 25.3. The molecule has 852 valence electrons. The second kappa shape index (κ2) is 74.1. The SMILES string of the molecule is CCOCCOC(=O)CCCC[Si](OC)(OC)OC.CO[Si](CCCCC(=O)OCCOC1CCC(C(C)(C)CCC(C)(C)C)CC1)(OC)OC.CO[Si](CCCCC(=O)OCCOc1ccc(C(C)(C)CC(C)(C)C)cc1)(OC)OC.CO[Si](CCCNC(=O)OCCOc1ccc(C(C)(C)CC(C)(C)C)cc1)(OC)OC.CO[Si](CCCOCC(O)OOCCOc1ccc(C(C)(C)CC(C)(C)C)cc1)(OC)OC. The summed E-state index contributed by atoms with van der Waals surface area (Å²) in [6, 6.07) is 27.8. The number of amides is 1. The topological polar surface area (TPSA) is 350 Å². The Labute approximate surface area is 887 Å². The first-order chi connectivity index (χ1) is 68.5. The Hall–Kier alpha value is -5.02. The van der Waals surface area contributed by atoms with E-state index >= 15 is 0 Å². The summed E-state index contributed by atoms with van der Waals surface area (Å²) in [6.45, 7) is 52.4. The Morgan fingerprint density at radius 2 is 0.637 bits per heavy atom. The van der Waals surface area contributed by atoms with Gasteiger partial charge < -0.3 is 124 Å². The van der Waals surface area contributed by atoms with E-state index in [-0.39, 0.29) is 76.8 Å². The summed E-state index contributed by atoms with van der Waals surface area (Å²) in [6.07, 6.45) is 16.3. The summed E-state index contributed by atoms with van der Waals surface area (Å²) in [7, 11) is 11.0. The number of carbonyl (C=O) groups is 4. The molecule has 4 rings (SSSR count). The van der Waals surface area contributed by atoms with Crippen LogP contribution in [0.5, 0.6) is 17.2 Å². The van der Waals surface area contributed by atoms with E-state index in [9.17, 15) is 24.3 Å². The quantitative estimate of drug-likeness (QED) is 0.0101. The van der Waals surface area contributed by atoms with Gasteiger partial charge in [0.1, 0.15) is 76.7 Å². The molecule has 1 unspecified atom stereocenters. The number of alkyl carbamates (subject to hydrolysis) is 1. The van der Waals surface area contributed by atoms with Crippen molar-refractivity contribution in [3.05, 3.63) is 89.5 Å². The Morgan fingerprint density at radius 3 is 0.952 bits per heavy atom. The van der Waals surface area contributed by atoms with E-state index in [1.807, 2.05) is 43.3 Å². The van der Waals surface area contributed by atoms with Crippen molar-refractivity contribution in [2.75, 3.05) is 199 Å². The van der Waals surface area contributed by atoms with E-state index in [0.717, 1.165) is 87.4 Å². The lowest BCUT2D eigenvalue weighted by Crippen LogP contribution is -2.43. The molecule has 3 aromatic rings. The van der Waals surface area contributed by atoms with Gasteiger partial charge in [0.05, 0.1) is 19.3 Å². The van der Waals surface area contributed by atoms with Crippen LogP contribution in [-0.2, 0) is 140 Å². The Balaban J connectivity index is 0.00000182. The molecule has 1 saturated carbocycles. The van der Waals surface area contributed by atoms with Gasteiger partial charge in [-0.25, -0.2) is 14.6 Å². The molecule has 0 spiro atoms. The van der Waals surface area contributed by atoms with Crippen molar-refractivity contribution in [2.45, 2.75) is 333 Å². The van der Waals surface area contributed by atoms with Crippen molar-refractivity contribution < 1.29 is 148 Å². The minimum absolute atomic E-state index is 0.00578. The molecule has 0 heterocycles. The molecule has 1 aliphatic rings. The molecule has 0 aliphatic heterocycles. The van der Waals surface area contributed by atoms with Crippen LogP contribution < -0.4 is 19.5 Å². The average Bonchev–Trinajstić information content (AvgIpc) is 0.831. The zero-order valence-electron chi connectivity index (χ0n) is 97.3. The van der Waals surface area contributed by atoms with Gasteiger partial charge in [0.2, 0.25) is 6.29 Å². The number of nitrogens with one attached hydrogen (secondary N) is 1. The van der Waals surface area contributed by atoms with Crippen molar-refractivity contribution in [1.29, 1.82) is 0 Å². The van der Waals surface area contributed by atoms with Crippen LogP contribution in [0.1, 0.15) is 291 Å². The van der Waals surface area contributed by atoms with Gasteiger partial charge in [-0.3, -0.25) is 14.4 Å². The van der Waals surface area contributed by atoms with Crippen molar-refractivity contribution in [3.8, 4) is 17.2 Å². The lowest BCUT2D eigenvalue weighted by Gasteiger charge is -2.40. The standard InChI is InChI=1S/C25H50O6Si.C24H44O8Si.C24H42O6Si.C23H41NO6Si.C12H26O6Si/c1-24(2,3)16-17-25(4,5)21-12-14-22(15-13-21)30-18-19-31-23(26)11-9-10-20-32(27-6,28-7)29-8;1-23(2,3)19-24(4,5)20-10-12-21(13-11-20)30-15-16-31-32-22(25)18-29-14-9-17-33(26-6,27-7)28-8;1-23(2,3)19-24(4,5)20-12-14-21(15-13-20)29-16-17-30-22(25)11-9-10-18-31(26-6,27-7)28-8;1-22(2,3)18-23(4,5)19-10-12-20(13-11-19)29-15-16-30-21(25)24-14-9-17-31(26-6,27-7)28-8;1-5-17-9-10-18-12(13)8-6-7-11-19(14-2,15-3)16-4/h21-22H,9-20H2,1-8H3;10-13,22,25H,9,14-19H2,1-8H3;12-15H,9-11,16-19H2,1-8H3;10-13H,9,14-18H2,1-8H3,(H,24,25);5-11H2,1-4H3. The Kier molecular flexibility index (Phi) is 71.6. The van der Waals surface area contributed by atoms with Gasteiger partial charge in [-0.1, -0.05) is 175 Å². The minimum atomic E-state index is -2.60. The number of hydrogen-bond acceptors (Lipinski definition) is 32. The summed E-state index contributed by atoms with van der Waals surface area (Å²) >= 11 is 0. The fourth-order valence-electron chi connectivity index (χ4n) is 17.8. The summed E-state index contributed by atoms with van der Waals surface area (Å²) in [4.78, 5) is 56.9. The van der Waals surface area contributed by atoms with Gasteiger partial charge in [-0.2, -0.15) is 0 Å². The maximum Gasteiger partial charge on any atom is 0.500 e. The van der Waals surface area contributed by atoms with Crippen molar-refractivity contribution >= 4 is 68.0 Å². The normalized spacial score (nSPS) is 14.4. The summed E-state index contributed by atoms with van der Waals surface area (Å²) in [5.74, 6) is 2.50. The van der Waals surface area contributed by atoms with Crippen LogP contribution in [0.15, 0.2) is 72.8 Å². The molecule has 38 heteroatoms. The number of benzene rings is 3. The molecule has 146 heavy (non-hydrogen) atoms. The molecule has 2 N–H and O–H groups in total. The summed E-state index contributed by atoms with van der Waals surface area (Å²) < 4.78 is 135. The average molecular weight is 2170 g/mol. The highest BCUT2D eigenvalue weighted by Crippen LogP contribution is 2.45. The van der Waals surface area contributed by atoms with E-state index in [2.05, 4.69) is 180 Å². The van der Waals surface area contributed by atoms with E-state index in [4.69, 9.17) is 124 Å². The highest BCUT2D eigenvalue weighted by molar-refractivity contribution is 6.62. The van der Waals surface area contributed by atoms with Gasteiger partial charge in [-0.15, -0.1) is 0 Å². The lowest BCUT2D eigenvalue weighted by atomic mass is 9.67. The number of unbranched alkanes of at least 4 members (excludes halogenated alkanes) is 3. The fraction of sp³-hybridized carbons (Fsp3) is 0.796. The molecular formula is C108H203NO32Si5. The first-order valence-electron chi connectivity index (χ1n) is 52.1. The van der Waals surface area contributed by atoms with Crippen LogP contribution in [0, 0.1) is 33.0 Å². The monoisotopic (exact) mass is 2170 g/mol. The van der Waals surface area contributed by atoms with Crippen LogP contribution in [0.25, 0.3) is 0 Å². The predicted octanol–water partition coefficient (Wildman–Crippen LogP) is 22.1. The highest BCUT2D eigenvalue weighted by Gasteiger charge is 2.42. The number of rotatable bonds is 71. The first-order valence-corrected chi connectivity index (χ1v) is 61.8. The minimum Gasteiger partial charge on any atom is -0.491 e. The molecular weight excluding hydrogens is 1960 g/mol. The second-order valence-electron chi connectivity index (χ2n) is 44.1. The van der Waals surface area contributed by atoms with Crippen LogP contribution in [-0.4, -0.2) is 285 Å². The van der Waals surface area contributed by atoms with Crippen molar-refractivity contribution in [2.24, 2.45) is 33.0 Å². The number of aliphatic hydroxyl groups is 1. The van der Waals surface area contributed by atoms with Gasteiger partial charge in [-0.05, 0) is 218 Å². The first kappa shape index (κ1) is 141. The van der Waals surface area contributed by atoms with Gasteiger partial charge >= 0.3 is 68.0 Å². The predicted molar refractivity (Wildman–Crippen MR) is 583 cm³/mol. The molecule has 1 aliphatic carbocycles. The van der Waals surface area contributed by atoms with Crippen molar-refractivity contribution in [1.82, 2.24) is 5.32 Å². The second-order valence-corrected chi connectivity index (χ2v) is 59.5. The maximum atomic E-state index is 12.0. The van der Waals surface area contributed by atoms with Gasteiger partial charge in [0.25, 0.3) is 0 Å².